The highest BCUT2D eigenvalue weighted by atomic mass is 79.9. The van der Waals surface area contributed by atoms with Gasteiger partial charge in [0, 0.05) is 27.8 Å². The lowest BCUT2D eigenvalue weighted by atomic mass is 9.75. The lowest BCUT2D eigenvalue weighted by Crippen LogP contribution is -2.47. The largest absolute Gasteiger partial charge is 0.360 e. The summed E-state index contributed by atoms with van der Waals surface area (Å²) in [6.45, 7) is 3.93. The highest BCUT2D eigenvalue weighted by molar-refractivity contribution is 9.10. The quantitative estimate of drug-likeness (QED) is 0.695. The molecule has 2 aliphatic rings. The topological polar surface area (TPSA) is 57.6 Å². The molecule has 1 aliphatic heterocycles. The maximum Gasteiger partial charge on any atom is 0.234 e. The van der Waals surface area contributed by atoms with Crippen molar-refractivity contribution in [1.29, 1.82) is 0 Å². The second kappa shape index (κ2) is 6.36. The Kier molecular flexibility index (Phi) is 4.32. The summed E-state index contributed by atoms with van der Waals surface area (Å²) in [6, 6.07) is 12.3. The number of hydrogen-bond acceptors (Lipinski definition) is 4. The zero-order valence-corrected chi connectivity index (χ0v) is 17.1. The number of hydrogen-bond donors (Lipinski definition) is 1. The van der Waals surface area contributed by atoms with Crippen LogP contribution in [-0.4, -0.2) is 16.7 Å². The Morgan fingerprint density at radius 1 is 1.00 bits per heavy atom. The van der Waals surface area contributed by atoms with E-state index in [0.717, 1.165) is 4.47 Å². The van der Waals surface area contributed by atoms with Gasteiger partial charge in [0.05, 0.1) is 5.57 Å². The van der Waals surface area contributed by atoms with Crippen molar-refractivity contribution >= 4 is 33.2 Å². The summed E-state index contributed by atoms with van der Waals surface area (Å²) < 4.78 is 14.3. The van der Waals surface area contributed by atoms with Crippen LogP contribution >= 0.6 is 15.9 Å². The molecule has 1 N–H and O–H groups in total. The van der Waals surface area contributed by atoms with Crippen molar-refractivity contribution in [2.24, 2.45) is 5.41 Å². The number of ketones is 2. The third-order valence-electron chi connectivity index (χ3n) is 5.32. The first-order valence-electron chi connectivity index (χ1n) is 8.99. The van der Waals surface area contributed by atoms with Gasteiger partial charge in [-0.25, -0.2) is 4.39 Å². The third-order valence-corrected chi connectivity index (χ3v) is 5.85. The number of carbonyl (C=O) groups is 2. The van der Waals surface area contributed by atoms with Crippen LogP contribution < -0.4 is 4.90 Å². The van der Waals surface area contributed by atoms with E-state index in [1.807, 2.05) is 13.8 Å². The van der Waals surface area contributed by atoms with Crippen LogP contribution in [0.1, 0.15) is 32.3 Å². The lowest BCUT2D eigenvalue weighted by molar-refractivity contribution is -0.133. The van der Waals surface area contributed by atoms with Crippen molar-refractivity contribution in [3.05, 3.63) is 75.7 Å². The second-order valence-electron chi connectivity index (χ2n) is 8.08. The van der Waals surface area contributed by atoms with Gasteiger partial charge in [-0.2, -0.15) is 0 Å². The van der Waals surface area contributed by atoms with E-state index in [4.69, 9.17) is 0 Å². The van der Waals surface area contributed by atoms with Crippen molar-refractivity contribution in [1.82, 2.24) is 0 Å². The Morgan fingerprint density at radius 3 is 2.21 bits per heavy atom. The van der Waals surface area contributed by atoms with Gasteiger partial charge in [-0.3, -0.25) is 9.59 Å². The van der Waals surface area contributed by atoms with Gasteiger partial charge in [0.25, 0.3) is 0 Å². The van der Waals surface area contributed by atoms with Crippen LogP contribution in [0, 0.1) is 11.2 Å². The van der Waals surface area contributed by atoms with Gasteiger partial charge in [-0.05, 0) is 48.2 Å². The van der Waals surface area contributed by atoms with Gasteiger partial charge >= 0.3 is 0 Å². The maximum atomic E-state index is 13.5. The molecule has 0 saturated heterocycles. The summed E-state index contributed by atoms with van der Waals surface area (Å²) in [5, 5.41) is 11.7. The molecule has 2 aromatic rings. The fraction of sp³-hybridized carbons (Fsp3) is 0.273. The van der Waals surface area contributed by atoms with Gasteiger partial charge in [0.15, 0.2) is 5.78 Å². The van der Waals surface area contributed by atoms with Crippen molar-refractivity contribution in [2.75, 3.05) is 4.90 Å². The van der Waals surface area contributed by atoms with E-state index in [9.17, 15) is 19.1 Å². The molecule has 0 saturated carbocycles. The number of nitrogens with zero attached hydrogens (tertiary/aromatic N) is 1. The number of halogens is 2. The Bertz CT molecular complexity index is 1010. The molecule has 1 atom stereocenters. The molecule has 0 amide bonds. The zero-order chi connectivity index (χ0) is 20.3. The highest BCUT2D eigenvalue weighted by Gasteiger charge is 2.57. The number of aliphatic hydroxyl groups is 1. The number of allylic oxidation sites excluding steroid dienone is 1. The molecule has 6 heteroatoms. The summed E-state index contributed by atoms with van der Waals surface area (Å²) in [6.07, 6.45) is 0.713. The van der Waals surface area contributed by atoms with Crippen LogP contribution in [0.5, 0.6) is 0 Å². The SMILES string of the molecule is CC1(C)CC(=O)C2=C(C1)N(c1ccc(Br)cc1)C(O)(c1ccc(F)cc1)C2=O. The van der Waals surface area contributed by atoms with Gasteiger partial charge < -0.3 is 10.0 Å². The minimum atomic E-state index is -2.09. The Labute approximate surface area is 170 Å². The molecular formula is C22H19BrFNO3. The van der Waals surface area contributed by atoms with Gasteiger partial charge in [0.2, 0.25) is 11.5 Å². The molecule has 0 fully saturated rings. The minimum absolute atomic E-state index is 0.0501. The van der Waals surface area contributed by atoms with Crippen LogP contribution in [0.25, 0.3) is 0 Å². The molecule has 0 radical (unpaired) electrons. The molecule has 144 valence electrons. The maximum absolute atomic E-state index is 13.5. The number of Topliss-reactive ketones (excluding diaryl/α,β-unsaturated/α-hetero) is 2. The first kappa shape index (κ1) is 19.0. The molecule has 28 heavy (non-hydrogen) atoms. The molecule has 1 heterocycles. The molecule has 0 spiro atoms. The minimum Gasteiger partial charge on any atom is -0.360 e. The molecule has 4 nitrogen and oxygen atoms in total. The van der Waals surface area contributed by atoms with E-state index >= 15 is 0 Å². The number of carbonyl (C=O) groups excluding carboxylic acids is 2. The standard InChI is InChI=1S/C22H19BrFNO3/c1-21(2)11-17-19(18(26)12-21)20(27)22(28,13-3-7-15(24)8-4-13)25(17)16-9-5-14(23)6-10-16/h3-10,28H,11-12H2,1-2H3. The van der Waals surface area contributed by atoms with Gasteiger partial charge in [-0.15, -0.1) is 0 Å². The smallest absolute Gasteiger partial charge is 0.234 e. The fourth-order valence-electron chi connectivity index (χ4n) is 4.08. The third kappa shape index (κ3) is 2.83. The fourth-order valence-corrected chi connectivity index (χ4v) is 4.35. The number of anilines is 1. The van der Waals surface area contributed by atoms with E-state index in [0.29, 0.717) is 17.8 Å². The molecule has 2 aromatic carbocycles. The normalized spacial score (nSPS) is 24.0. The summed E-state index contributed by atoms with van der Waals surface area (Å²) in [4.78, 5) is 27.7. The molecule has 4 rings (SSSR count). The molecule has 0 aromatic heterocycles. The average molecular weight is 444 g/mol. The summed E-state index contributed by atoms with van der Waals surface area (Å²) in [7, 11) is 0. The van der Waals surface area contributed by atoms with E-state index in [2.05, 4.69) is 15.9 Å². The Hall–Kier alpha value is -2.31. The van der Waals surface area contributed by atoms with Gasteiger partial charge in [0.1, 0.15) is 5.82 Å². The second-order valence-corrected chi connectivity index (χ2v) is 9.00. The number of benzene rings is 2. The predicted octanol–water partition coefficient (Wildman–Crippen LogP) is 4.47. The van der Waals surface area contributed by atoms with Crippen LogP contribution in [0.4, 0.5) is 10.1 Å². The van der Waals surface area contributed by atoms with Crippen molar-refractivity contribution < 1.29 is 19.1 Å². The molecule has 1 aliphatic carbocycles. The lowest BCUT2D eigenvalue weighted by Gasteiger charge is -2.38. The Morgan fingerprint density at radius 2 is 1.61 bits per heavy atom. The van der Waals surface area contributed by atoms with Crippen molar-refractivity contribution in [3.8, 4) is 0 Å². The van der Waals surface area contributed by atoms with E-state index in [1.165, 1.54) is 29.2 Å². The molecule has 0 bridgehead atoms. The van der Waals surface area contributed by atoms with Gasteiger partial charge in [-0.1, -0.05) is 41.9 Å². The average Bonchev–Trinajstić information content (AvgIpc) is 2.84. The Balaban J connectivity index is 1.96. The molecular weight excluding hydrogens is 425 g/mol. The van der Waals surface area contributed by atoms with E-state index in [-0.39, 0.29) is 28.8 Å². The summed E-state index contributed by atoms with van der Waals surface area (Å²) in [5.41, 5.74) is -1.06. The highest BCUT2D eigenvalue weighted by Crippen LogP contribution is 2.50. The van der Waals surface area contributed by atoms with Crippen LogP contribution in [0.2, 0.25) is 0 Å². The van der Waals surface area contributed by atoms with Crippen molar-refractivity contribution in [2.45, 2.75) is 32.4 Å². The van der Waals surface area contributed by atoms with E-state index in [1.54, 1.807) is 24.3 Å². The van der Waals surface area contributed by atoms with Crippen LogP contribution in [0.3, 0.4) is 0 Å². The van der Waals surface area contributed by atoms with E-state index < -0.39 is 17.3 Å². The number of rotatable bonds is 2. The van der Waals surface area contributed by atoms with Crippen molar-refractivity contribution in [3.63, 3.8) is 0 Å². The monoisotopic (exact) mass is 443 g/mol. The van der Waals surface area contributed by atoms with Crippen LogP contribution in [0.15, 0.2) is 64.3 Å². The first-order chi connectivity index (χ1) is 13.1. The zero-order valence-electron chi connectivity index (χ0n) is 15.5. The predicted molar refractivity (Wildman–Crippen MR) is 107 cm³/mol. The first-order valence-corrected chi connectivity index (χ1v) is 9.78. The van der Waals surface area contributed by atoms with Crippen LogP contribution in [-0.2, 0) is 15.3 Å². The summed E-state index contributed by atoms with van der Waals surface area (Å²) in [5.74, 6) is -1.39. The molecule has 1 unspecified atom stereocenters. The summed E-state index contributed by atoms with van der Waals surface area (Å²) >= 11 is 3.39.